The van der Waals surface area contributed by atoms with Crippen LogP contribution in [0, 0.1) is 13.7 Å². The third-order valence-electron chi connectivity index (χ3n) is 1.78. The van der Waals surface area contributed by atoms with E-state index in [2.05, 4.69) is 12.6 Å². The number of halogens is 1. The quantitative estimate of drug-likeness (QED) is 0.373. The van der Waals surface area contributed by atoms with Crippen LogP contribution in [0.5, 0.6) is 0 Å². The van der Waals surface area contributed by atoms with Crippen molar-refractivity contribution in [2.24, 2.45) is 0 Å². The fourth-order valence-corrected chi connectivity index (χ4v) is 4.03. The highest BCUT2D eigenvalue weighted by Gasteiger charge is 2.20. The van der Waals surface area contributed by atoms with Crippen molar-refractivity contribution in [3.05, 3.63) is 31.9 Å². The zero-order chi connectivity index (χ0) is 10.3. The molecule has 72 valence electrons. The molecule has 0 atom stereocenters. The number of rotatable bonds is 1. The minimum absolute atomic E-state index is 0.196. The van der Waals surface area contributed by atoms with Crippen molar-refractivity contribution in [3.8, 4) is 0 Å². The lowest BCUT2D eigenvalue weighted by atomic mass is 10.3. The summed E-state index contributed by atoms with van der Waals surface area (Å²) in [6, 6.07) is 5.56. The van der Waals surface area contributed by atoms with Gasteiger partial charge < -0.3 is 0 Å². The molecule has 0 aliphatic heterocycles. The minimum Gasteiger partial charge on any atom is -0.258 e. The summed E-state index contributed by atoms with van der Waals surface area (Å²) in [5.74, 6) is 0. The van der Waals surface area contributed by atoms with Crippen molar-refractivity contribution < 1.29 is 4.92 Å². The summed E-state index contributed by atoms with van der Waals surface area (Å²) < 4.78 is 1.59. The molecule has 1 aromatic heterocycles. The number of thiophene rings is 1. The molecule has 0 saturated heterocycles. The zero-order valence-corrected chi connectivity index (χ0v) is 10.6. The number of nitro groups is 1. The molecule has 3 nitrogen and oxygen atoms in total. The Bertz CT molecular complexity index is 523. The molecule has 0 amide bonds. The van der Waals surface area contributed by atoms with Crippen LogP contribution in [-0.2, 0) is 0 Å². The van der Waals surface area contributed by atoms with E-state index in [4.69, 9.17) is 0 Å². The Labute approximate surface area is 103 Å². The first-order valence-electron chi connectivity index (χ1n) is 3.65. The van der Waals surface area contributed by atoms with Crippen molar-refractivity contribution in [2.45, 2.75) is 4.90 Å². The van der Waals surface area contributed by atoms with Gasteiger partial charge >= 0.3 is 5.00 Å². The SMILES string of the molecule is O=[N+]([O-])c1sc2cccc(S)c2c1I. The molecule has 1 aromatic carbocycles. The number of hydrogen-bond acceptors (Lipinski definition) is 4. The first-order valence-corrected chi connectivity index (χ1v) is 6.00. The van der Waals surface area contributed by atoms with E-state index < -0.39 is 0 Å². The smallest absolute Gasteiger partial charge is 0.258 e. The molecular formula is C8H4INO2S2. The highest BCUT2D eigenvalue weighted by molar-refractivity contribution is 14.1. The molecule has 0 fully saturated rings. The Morgan fingerprint density at radius 2 is 2.21 bits per heavy atom. The molecule has 2 rings (SSSR count). The van der Waals surface area contributed by atoms with E-state index in [1.807, 2.05) is 40.8 Å². The van der Waals surface area contributed by atoms with Crippen LogP contribution < -0.4 is 0 Å². The maximum Gasteiger partial charge on any atom is 0.338 e. The van der Waals surface area contributed by atoms with Crippen LogP contribution in [0.2, 0.25) is 0 Å². The fraction of sp³-hybridized carbons (Fsp3) is 0. The number of thiol groups is 1. The number of nitrogens with zero attached hydrogens (tertiary/aromatic N) is 1. The Hall–Kier alpha value is -0.340. The normalized spacial score (nSPS) is 10.7. The first kappa shape index (κ1) is 10.2. The lowest BCUT2D eigenvalue weighted by molar-refractivity contribution is -0.381. The molecule has 1 heterocycles. The average Bonchev–Trinajstić information content (AvgIpc) is 2.45. The molecule has 0 radical (unpaired) electrons. The monoisotopic (exact) mass is 337 g/mol. The first-order chi connectivity index (χ1) is 6.61. The van der Waals surface area contributed by atoms with Crippen molar-refractivity contribution in [2.75, 3.05) is 0 Å². The van der Waals surface area contributed by atoms with E-state index in [1.165, 1.54) is 11.3 Å². The highest BCUT2D eigenvalue weighted by Crippen LogP contribution is 2.40. The van der Waals surface area contributed by atoms with Gasteiger partial charge in [-0.25, -0.2) is 0 Å². The second-order valence-corrected chi connectivity index (χ2v) is 5.22. The molecule has 0 spiro atoms. The molecule has 0 bridgehead atoms. The predicted molar refractivity (Wildman–Crippen MR) is 68.4 cm³/mol. The summed E-state index contributed by atoms with van der Waals surface area (Å²) in [6.45, 7) is 0. The molecule has 0 N–H and O–H groups in total. The van der Waals surface area contributed by atoms with Crippen LogP contribution >= 0.6 is 46.6 Å². The largest absolute Gasteiger partial charge is 0.338 e. The summed E-state index contributed by atoms with van der Waals surface area (Å²) in [4.78, 5) is 11.1. The van der Waals surface area contributed by atoms with Crippen molar-refractivity contribution in [1.82, 2.24) is 0 Å². The number of hydrogen-bond donors (Lipinski definition) is 1. The van der Waals surface area contributed by atoms with Gasteiger partial charge in [0, 0.05) is 15.0 Å². The van der Waals surface area contributed by atoms with Gasteiger partial charge in [-0.05, 0) is 34.7 Å². The Balaban J connectivity index is 2.87. The van der Waals surface area contributed by atoms with Gasteiger partial charge in [-0.1, -0.05) is 17.4 Å². The Morgan fingerprint density at radius 3 is 2.79 bits per heavy atom. The van der Waals surface area contributed by atoms with Crippen LogP contribution in [0.15, 0.2) is 23.1 Å². The molecular weight excluding hydrogens is 333 g/mol. The summed E-state index contributed by atoms with van der Waals surface area (Å²) >= 11 is 7.47. The number of benzene rings is 1. The second-order valence-electron chi connectivity index (χ2n) is 2.63. The zero-order valence-electron chi connectivity index (χ0n) is 6.73. The van der Waals surface area contributed by atoms with Gasteiger partial charge in [0.05, 0.1) is 4.92 Å². The summed E-state index contributed by atoms with van der Waals surface area (Å²) in [5, 5.41) is 11.8. The minimum atomic E-state index is -0.348. The molecule has 0 unspecified atom stereocenters. The van der Waals surface area contributed by atoms with E-state index in [0.717, 1.165) is 15.0 Å². The standard InChI is InChI=1S/C8H4INO2S2/c9-7-6-4(13)2-1-3-5(6)14-8(7)10(11)12/h1-3,13H. The van der Waals surface area contributed by atoms with E-state index in [9.17, 15) is 10.1 Å². The lowest BCUT2D eigenvalue weighted by Gasteiger charge is -1.93. The van der Waals surface area contributed by atoms with Gasteiger partial charge in [-0.15, -0.1) is 12.6 Å². The van der Waals surface area contributed by atoms with Crippen LogP contribution in [0.3, 0.4) is 0 Å². The predicted octanol–water partition coefficient (Wildman–Crippen LogP) is 3.70. The molecule has 6 heteroatoms. The van der Waals surface area contributed by atoms with Crippen LogP contribution in [-0.4, -0.2) is 4.92 Å². The van der Waals surface area contributed by atoms with E-state index in [-0.39, 0.29) is 9.92 Å². The second kappa shape index (κ2) is 3.67. The van der Waals surface area contributed by atoms with Gasteiger partial charge in [0.25, 0.3) is 0 Å². The molecule has 0 aliphatic carbocycles. The van der Waals surface area contributed by atoms with Gasteiger partial charge in [0.1, 0.15) is 3.57 Å². The summed E-state index contributed by atoms with van der Waals surface area (Å²) in [7, 11) is 0. The van der Waals surface area contributed by atoms with Crippen LogP contribution in [0.1, 0.15) is 0 Å². The number of fused-ring (bicyclic) bond motifs is 1. The summed E-state index contributed by atoms with van der Waals surface area (Å²) in [6.07, 6.45) is 0. The van der Waals surface area contributed by atoms with Crippen molar-refractivity contribution in [3.63, 3.8) is 0 Å². The Kier molecular flexibility index (Phi) is 2.67. The van der Waals surface area contributed by atoms with Gasteiger partial charge in [-0.3, -0.25) is 10.1 Å². The maximum atomic E-state index is 10.7. The third kappa shape index (κ3) is 1.51. The van der Waals surface area contributed by atoms with E-state index >= 15 is 0 Å². The Morgan fingerprint density at radius 1 is 1.50 bits per heavy atom. The van der Waals surface area contributed by atoms with Gasteiger partial charge in [0.2, 0.25) is 0 Å². The van der Waals surface area contributed by atoms with Crippen molar-refractivity contribution in [1.29, 1.82) is 0 Å². The summed E-state index contributed by atoms with van der Waals surface area (Å²) in [5.41, 5.74) is 0. The van der Waals surface area contributed by atoms with Crippen LogP contribution in [0.25, 0.3) is 10.1 Å². The van der Waals surface area contributed by atoms with Gasteiger partial charge in [0.15, 0.2) is 0 Å². The maximum absolute atomic E-state index is 10.7. The topological polar surface area (TPSA) is 43.1 Å². The molecule has 2 aromatic rings. The van der Waals surface area contributed by atoms with E-state index in [0.29, 0.717) is 3.57 Å². The van der Waals surface area contributed by atoms with E-state index in [1.54, 1.807) is 0 Å². The average molecular weight is 337 g/mol. The lowest BCUT2D eigenvalue weighted by Crippen LogP contribution is -1.85. The molecule has 14 heavy (non-hydrogen) atoms. The molecule has 0 saturated carbocycles. The fourth-order valence-electron chi connectivity index (χ4n) is 1.20. The van der Waals surface area contributed by atoms with Crippen molar-refractivity contribution >= 4 is 61.6 Å². The van der Waals surface area contributed by atoms with Gasteiger partial charge in [-0.2, -0.15) is 0 Å². The highest BCUT2D eigenvalue weighted by atomic mass is 127. The third-order valence-corrected chi connectivity index (χ3v) is 4.68. The van der Waals surface area contributed by atoms with Crippen LogP contribution in [0.4, 0.5) is 5.00 Å². The molecule has 0 aliphatic rings.